The molecule has 0 bridgehead atoms. The molecule has 0 saturated carbocycles. The van der Waals surface area contributed by atoms with Gasteiger partial charge >= 0.3 is 0 Å². The van der Waals surface area contributed by atoms with Crippen LogP contribution in [0.25, 0.3) is 0 Å². The zero-order valence-corrected chi connectivity index (χ0v) is 12.8. The molecule has 2 unspecified atom stereocenters. The quantitative estimate of drug-likeness (QED) is 0.751. The van der Waals surface area contributed by atoms with Crippen LogP contribution in [0.1, 0.15) is 69.2 Å². The van der Waals surface area contributed by atoms with Crippen LogP contribution in [-0.2, 0) is 12.8 Å². The summed E-state index contributed by atoms with van der Waals surface area (Å²) in [6.07, 6.45) is 7.81. The summed E-state index contributed by atoms with van der Waals surface area (Å²) >= 11 is 0. The minimum absolute atomic E-state index is 0.539. The second-order valence-corrected chi connectivity index (χ2v) is 6.12. The summed E-state index contributed by atoms with van der Waals surface area (Å²) < 4.78 is 0. The second kappa shape index (κ2) is 7.09. The van der Waals surface area contributed by atoms with E-state index in [4.69, 9.17) is 0 Å². The van der Waals surface area contributed by atoms with Gasteiger partial charge in [0.05, 0.1) is 0 Å². The Hall–Kier alpha value is -0.820. The lowest BCUT2D eigenvalue weighted by molar-refractivity contribution is 0.395. The summed E-state index contributed by atoms with van der Waals surface area (Å²) in [7, 11) is 0. The summed E-state index contributed by atoms with van der Waals surface area (Å²) in [4.78, 5) is 0. The molecule has 0 amide bonds. The highest BCUT2D eigenvalue weighted by molar-refractivity contribution is 5.36. The van der Waals surface area contributed by atoms with E-state index in [1.807, 2.05) is 0 Å². The topological polar surface area (TPSA) is 12.0 Å². The maximum Gasteiger partial charge on any atom is 0.0322 e. The molecule has 0 fully saturated rings. The predicted molar refractivity (Wildman–Crippen MR) is 83.6 cm³/mol. The Bertz CT molecular complexity index is 397. The fourth-order valence-corrected chi connectivity index (χ4v) is 3.41. The van der Waals surface area contributed by atoms with Crippen LogP contribution >= 0.6 is 0 Å². The predicted octanol–water partition coefficient (Wildman–Crippen LogP) is 4.65. The van der Waals surface area contributed by atoms with Crippen molar-refractivity contribution in [2.45, 2.75) is 65.3 Å². The van der Waals surface area contributed by atoms with Crippen LogP contribution in [0.5, 0.6) is 0 Å². The van der Waals surface area contributed by atoms with E-state index >= 15 is 0 Å². The van der Waals surface area contributed by atoms with Gasteiger partial charge < -0.3 is 5.32 Å². The molecule has 0 saturated heterocycles. The highest BCUT2D eigenvalue weighted by Gasteiger charge is 2.17. The van der Waals surface area contributed by atoms with Crippen molar-refractivity contribution in [3.8, 4) is 0 Å². The molecule has 1 nitrogen and oxygen atoms in total. The SMILES string of the molecule is CCCC(C)CC(NCC)c1ccc2c(c1)CCC2. The minimum atomic E-state index is 0.539. The molecular weight excluding hydrogens is 230 g/mol. The van der Waals surface area contributed by atoms with Gasteiger partial charge in [0.2, 0.25) is 0 Å². The van der Waals surface area contributed by atoms with Crippen molar-refractivity contribution < 1.29 is 0 Å². The zero-order valence-electron chi connectivity index (χ0n) is 12.8. The van der Waals surface area contributed by atoms with Crippen LogP contribution < -0.4 is 5.32 Å². The fraction of sp³-hybridized carbons (Fsp3) is 0.667. The highest BCUT2D eigenvalue weighted by atomic mass is 14.9. The number of hydrogen-bond donors (Lipinski definition) is 1. The molecule has 1 N–H and O–H groups in total. The van der Waals surface area contributed by atoms with Gasteiger partial charge in [-0.3, -0.25) is 0 Å². The summed E-state index contributed by atoms with van der Waals surface area (Å²) in [5.74, 6) is 0.808. The van der Waals surface area contributed by atoms with Crippen LogP contribution in [0.4, 0.5) is 0 Å². The second-order valence-electron chi connectivity index (χ2n) is 6.12. The third kappa shape index (κ3) is 3.82. The molecule has 19 heavy (non-hydrogen) atoms. The molecule has 0 aliphatic heterocycles. The Morgan fingerprint density at radius 1 is 1.16 bits per heavy atom. The standard InChI is InChI=1S/C18H29N/c1-4-7-14(3)12-18(19-5-2)17-11-10-15-8-6-9-16(15)13-17/h10-11,13-14,18-19H,4-9,12H2,1-3H3. The largest absolute Gasteiger partial charge is 0.310 e. The molecule has 0 radical (unpaired) electrons. The number of aryl methyl sites for hydroxylation is 2. The van der Waals surface area contributed by atoms with Crippen molar-refractivity contribution in [2.24, 2.45) is 5.92 Å². The third-order valence-corrected chi connectivity index (χ3v) is 4.39. The van der Waals surface area contributed by atoms with E-state index in [2.05, 4.69) is 44.3 Å². The number of rotatable bonds is 7. The summed E-state index contributed by atoms with van der Waals surface area (Å²) in [6, 6.07) is 7.73. The lowest BCUT2D eigenvalue weighted by atomic mass is 9.91. The van der Waals surface area contributed by atoms with Crippen LogP contribution in [0.15, 0.2) is 18.2 Å². The number of benzene rings is 1. The maximum absolute atomic E-state index is 3.68. The van der Waals surface area contributed by atoms with E-state index in [1.54, 1.807) is 11.1 Å². The Morgan fingerprint density at radius 2 is 1.95 bits per heavy atom. The van der Waals surface area contributed by atoms with Crippen LogP contribution in [0, 0.1) is 5.92 Å². The average Bonchev–Trinajstić information content (AvgIpc) is 2.85. The van der Waals surface area contributed by atoms with Crippen molar-refractivity contribution >= 4 is 0 Å². The lowest BCUT2D eigenvalue weighted by Crippen LogP contribution is -2.23. The van der Waals surface area contributed by atoms with Gasteiger partial charge in [0.25, 0.3) is 0 Å². The van der Waals surface area contributed by atoms with Crippen LogP contribution in [-0.4, -0.2) is 6.54 Å². The first kappa shape index (κ1) is 14.6. The van der Waals surface area contributed by atoms with Gasteiger partial charge in [0.1, 0.15) is 0 Å². The van der Waals surface area contributed by atoms with Gasteiger partial charge in [0.15, 0.2) is 0 Å². The molecule has 1 aliphatic rings. The average molecular weight is 259 g/mol. The molecule has 1 heteroatoms. The van der Waals surface area contributed by atoms with E-state index in [9.17, 15) is 0 Å². The first-order chi connectivity index (χ1) is 9.24. The Balaban J connectivity index is 2.09. The maximum atomic E-state index is 3.68. The molecule has 1 aromatic rings. The summed E-state index contributed by atoms with van der Waals surface area (Å²) in [6.45, 7) is 7.95. The highest BCUT2D eigenvalue weighted by Crippen LogP contribution is 2.29. The number of hydrogen-bond acceptors (Lipinski definition) is 1. The zero-order chi connectivity index (χ0) is 13.7. The number of nitrogens with one attached hydrogen (secondary N) is 1. The first-order valence-corrected chi connectivity index (χ1v) is 8.09. The Labute approximate surface area is 118 Å². The molecule has 2 rings (SSSR count). The molecule has 0 heterocycles. The smallest absolute Gasteiger partial charge is 0.0322 e. The van der Waals surface area contributed by atoms with Crippen LogP contribution in [0.2, 0.25) is 0 Å². The molecule has 2 atom stereocenters. The van der Waals surface area contributed by atoms with Crippen molar-refractivity contribution in [3.05, 3.63) is 34.9 Å². The lowest BCUT2D eigenvalue weighted by Gasteiger charge is -2.23. The van der Waals surface area contributed by atoms with Crippen molar-refractivity contribution in [1.29, 1.82) is 0 Å². The summed E-state index contributed by atoms with van der Waals surface area (Å²) in [5, 5.41) is 3.68. The van der Waals surface area contributed by atoms with E-state index in [0.29, 0.717) is 6.04 Å². The molecule has 0 spiro atoms. The van der Waals surface area contributed by atoms with Gasteiger partial charge in [0, 0.05) is 6.04 Å². The van der Waals surface area contributed by atoms with Gasteiger partial charge in [-0.1, -0.05) is 51.8 Å². The van der Waals surface area contributed by atoms with Crippen LogP contribution in [0.3, 0.4) is 0 Å². The Morgan fingerprint density at radius 3 is 2.68 bits per heavy atom. The fourth-order valence-electron chi connectivity index (χ4n) is 3.41. The van der Waals surface area contributed by atoms with E-state index in [-0.39, 0.29) is 0 Å². The van der Waals surface area contributed by atoms with Crippen molar-refractivity contribution in [1.82, 2.24) is 5.32 Å². The third-order valence-electron chi connectivity index (χ3n) is 4.39. The molecule has 1 aliphatic carbocycles. The van der Waals surface area contributed by atoms with Gasteiger partial charge in [-0.25, -0.2) is 0 Å². The first-order valence-electron chi connectivity index (χ1n) is 8.09. The number of fused-ring (bicyclic) bond motifs is 1. The molecule has 0 aromatic heterocycles. The van der Waals surface area contributed by atoms with Crippen molar-refractivity contribution in [2.75, 3.05) is 6.54 Å². The monoisotopic (exact) mass is 259 g/mol. The van der Waals surface area contributed by atoms with Gasteiger partial charge in [-0.05, 0) is 54.8 Å². The normalized spacial score (nSPS) is 17.2. The summed E-state index contributed by atoms with van der Waals surface area (Å²) in [5.41, 5.74) is 4.69. The Kier molecular flexibility index (Phi) is 5.45. The molecular formula is C18H29N. The molecule has 106 valence electrons. The van der Waals surface area contributed by atoms with Gasteiger partial charge in [-0.15, -0.1) is 0 Å². The minimum Gasteiger partial charge on any atom is -0.310 e. The van der Waals surface area contributed by atoms with Crippen molar-refractivity contribution in [3.63, 3.8) is 0 Å². The van der Waals surface area contributed by atoms with E-state index in [1.165, 1.54) is 44.1 Å². The van der Waals surface area contributed by atoms with Gasteiger partial charge in [-0.2, -0.15) is 0 Å². The molecule has 1 aromatic carbocycles. The van der Waals surface area contributed by atoms with E-state index in [0.717, 1.165) is 12.5 Å². The van der Waals surface area contributed by atoms with E-state index < -0.39 is 0 Å².